The molecule has 7 nitrogen and oxygen atoms in total. The van der Waals surface area contributed by atoms with Gasteiger partial charge < -0.3 is 10.5 Å². The molecule has 1 aromatic carbocycles. The van der Waals surface area contributed by atoms with Gasteiger partial charge in [0.05, 0.1) is 16.9 Å². The number of aromatic nitrogens is 1. The number of fused-ring (bicyclic) bond motifs is 1. The molecule has 1 amide bonds. The maximum absolute atomic E-state index is 13.4. The SMILES string of the molecule is COc1cc(C)c(S(=O)(=O)N2CC[C@@H](c3c(C(N)=O)sc4ncccc34)C2)cc1C. The molecule has 1 saturated heterocycles. The van der Waals surface area contributed by atoms with E-state index in [1.165, 1.54) is 15.6 Å². The fourth-order valence-electron chi connectivity index (χ4n) is 4.12. The number of carbonyl (C=O) groups is 1. The van der Waals surface area contributed by atoms with Crippen molar-refractivity contribution in [2.45, 2.75) is 31.1 Å². The van der Waals surface area contributed by atoms with Crippen LogP contribution in [0.15, 0.2) is 35.4 Å². The lowest BCUT2D eigenvalue weighted by atomic mass is 9.96. The first kappa shape index (κ1) is 20.8. The number of amides is 1. The molecule has 3 aromatic rings. The second-order valence-electron chi connectivity index (χ2n) is 7.50. The zero-order valence-corrected chi connectivity index (χ0v) is 18.6. The van der Waals surface area contributed by atoms with E-state index in [4.69, 9.17) is 10.5 Å². The first-order valence-electron chi connectivity index (χ1n) is 9.56. The highest BCUT2D eigenvalue weighted by atomic mass is 32.2. The fourth-order valence-corrected chi connectivity index (χ4v) is 7.00. The zero-order valence-electron chi connectivity index (χ0n) is 17.0. The van der Waals surface area contributed by atoms with Crippen molar-refractivity contribution in [1.29, 1.82) is 0 Å². The number of ether oxygens (including phenoxy) is 1. The van der Waals surface area contributed by atoms with Crippen molar-refractivity contribution in [1.82, 2.24) is 9.29 Å². The van der Waals surface area contributed by atoms with Crippen LogP contribution in [0.1, 0.15) is 38.7 Å². The van der Waals surface area contributed by atoms with Crippen LogP contribution < -0.4 is 10.5 Å². The van der Waals surface area contributed by atoms with Gasteiger partial charge in [-0.15, -0.1) is 11.3 Å². The summed E-state index contributed by atoms with van der Waals surface area (Å²) < 4.78 is 33.6. The number of benzene rings is 1. The van der Waals surface area contributed by atoms with Crippen molar-refractivity contribution in [2.24, 2.45) is 5.73 Å². The van der Waals surface area contributed by atoms with Gasteiger partial charge in [-0.25, -0.2) is 13.4 Å². The molecule has 0 bridgehead atoms. The van der Waals surface area contributed by atoms with Gasteiger partial charge in [-0.05, 0) is 55.2 Å². The molecule has 0 radical (unpaired) electrons. The van der Waals surface area contributed by atoms with Crippen LogP contribution in [0, 0.1) is 13.8 Å². The van der Waals surface area contributed by atoms with Gasteiger partial charge >= 0.3 is 0 Å². The number of carbonyl (C=O) groups excluding carboxylic acids is 1. The molecule has 1 fully saturated rings. The van der Waals surface area contributed by atoms with E-state index in [0.717, 1.165) is 21.3 Å². The minimum Gasteiger partial charge on any atom is -0.496 e. The Hall–Kier alpha value is -2.49. The van der Waals surface area contributed by atoms with E-state index in [1.807, 2.05) is 19.1 Å². The Morgan fingerprint density at radius 2 is 2.07 bits per heavy atom. The first-order valence-corrected chi connectivity index (χ1v) is 11.8. The topological polar surface area (TPSA) is 103 Å². The maximum atomic E-state index is 13.4. The number of methoxy groups -OCH3 is 1. The number of hydrogen-bond acceptors (Lipinski definition) is 6. The average Bonchev–Trinajstić information content (AvgIpc) is 3.34. The Morgan fingerprint density at radius 1 is 1.30 bits per heavy atom. The summed E-state index contributed by atoms with van der Waals surface area (Å²) in [6.45, 7) is 4.28. The largest absolute Gasteiger partial charge is 0.496 e. The number of rotatable bonds is 5. The van der Waals surface area contributed by atoms with E-state index in [-0.39, 0.29) is 10.8 Å². The molecule has 3 heterocycles. The monoisotopic (exact) mass is 445 g/mol. The second-order valence-corrected chi connectivity index (χ2v) is 10.4. The number of sulfonamides is 1. The third kappa shape index (κ3) is 3.36. The van der Waals surface area contributed by atoms with Crippen molar-refractivity contribution in [2.75, 3.05) is 20.2 Å². The molecule has 9 heteroatoms. The lowest BCUT2D eigenvalue weighted by molar-refractivity contribution is 0.100. The summed E-state index contributed by atoms with van der Waals surface area (Å²) in [6.07, 6.45) is 2.29. The number of primary amides is 1. The smallest absolute Gasteiger partial charge is 0.259 e. The Bertz CT molecular complexity index is 1250. The number of thiophene rings is 1. The predicted molar refractivity (Wildman–Crippen MR) is 117 cm³/mol. The highest BCUT2D eigenvalue weighted by molar-refractivity contribution is 7.89. The third-order valence-corrected chi connectivity index (χ3v) is 8.75. The molecule has 2 N–H and O–H groups in total. The van der Waals surface area contributed by atoms with Gasteiger partial charge in [0, 0.05) is 30.6 Å². The molecule has 4 rings (SSSR count). The molecule has 1 atom stereocenters. The van der Waals surface area contributed by atoms with Crippen molar-refractivity contribution < 1.29 is 17.9 Å². The third-order valence-electron chi connectivity index (χ3n) is 5.60. The molecule has 158 valence electrons. The van der Waals surface area contributed by atoms with Crippen molar-refractivity contribution >= 4 is 37.5 Å². The number of aryl methyl sites for hydroxylation is 2. The summed E-state index contributed by atoms with van der Waals surface area (Å²) in [6, 6.07) is 7.14. The molecule has 2 aromatic heterocycles. The van der Waals surface area contributed by atoms with Crippen molar-refractivity contribution in [3.8, 4) is 5.75 Å². The molecule has 30 heavy (non-hydrogen) atoms. The Labute approximate surface area is 179 Å². The van der Waals surface area contributed by atoms with Gasteiger partial charge in [-0.3, -0.25) is 4.79 Å². The Morgan fingerprint density at radius 3 is 2.77 bits per heavy atom. The van der Waals surface area contributed by atoms with Crippen LogP contribution in [0.2, 0.25) is 0 Å². The van der Waals surface area contributed by atoms with Gasteiger partial charge in [-0.2, -0.15) is 4.31 Å². The van der Waals surface area contributed by atoms with E-state index in [2.05, 4.69) is 4.98 Å². The molecule has 0 saturated carbocycles. The summed E-state index contributed by atoms with van der Waals surface area (Å²) >= 11 is 1.26. The van der Waals surface area contributed by atoms with Crippen LogP contribution in [-0.2, 0) is 10.0 Å². The molecular weight excluding hydrogens is 422 g/mol. The molecule has 1 aliphatic rings. The van der Waals surface area contributed by atoms with Crippen LogP contribution in [0.5, 0.6) is 5.75 Å². The van der Waals surface area contributed by atoms with Gasteiger partial charge in [0.2, 0.25) is 10.0 Å². The summed E-state index contributed by atoms with van der Waals surface area (Å²) in [5.41, 5.74) is 7.85. The summed E-state index contributed by atoms with van der Waals surface area (Å²) in [5, 5.41) is 0.872. The molecule has 0 aliphatic carbocycles. The lowest BCUT2D eigenvalue weighted by Gasteiger charge is -2.19. The number of hydrogen-bond donors (Lipinski definition) is 1. The van der Waals surface area contributed by atoms with E-state index < -0.39 is 15.9 Å². The molecular formula is C21H23N3O4S2. The minimum atomic E-state index is -3.68. The average molecular weight is 446 g/mol. The summed E-state index contributed by atoms with van der Waals surface area (Å²) in [7, 11) is -2.11. The lowest BCUT2D eigenvalue weighted by Crippen LogP contribution is -2.29. The van der Waals surface area contributed by atoms with Crippen molar-refractivity contribution in [3.63, 3.8) is 0 Å². The van der Waals surface area contributed by atoms with Crippen LogP contribution in [0.4, 0.5) is 0 Å². The van der Waals surface area contributed by atoms with E-state index >= 15 is 0 Å². The van der Waals surface area contributed by atoms with Gasteiger partial charge in [0.15, 0.2) is 0 Å². The minimum absolute atomic E-state index is 0.111. The fraction of sp³-hybridized carbons (Fsp3) is 0.333. The second kappa shape index (κ2) is 7.64. The van der Waals surface area contributed by atoms with Crippen LogP contribution in [0.3, 0.4) is 0 Å². The number of nitrogens with zero attached hydrogens (tertiary/aromatic N) is 2. The van der Waals surface area contributed by atoms with E-state index in [9.17, 15) is 13.2 Å². The van der Waals surface area contributed by atoms with Crippen LogP contribution >= 0.6 is 11.3 Å². The first-order chi connectivity index (χ1) is 14.2. The molecule has 1 aliphatic heterocycles. The van der Waals surface area contributed by atoms with Crippen LogP contribution in [0.25, 0.3) is 10.2 Å². The van der Waals surface area contributed by atoms with Crippen molar-refractivity contribution in [3.05, 3.63) is 52.0 Å². The van der Waals surface area contributed by atoms with E-state index in [0.29, 0.717) is 35.7 Å². The number of pyridine rings is 1. The highest BCUT2D eigenvalue weighted by Crippen LogP contribution is 2.40. The quantitative estimate of drug-likeness (QED) is 0.650. The predicted octanol–water partition coefficient (Wildman–Crippen LogP) is 3.20. The summed E-state index contributed by atoms with van der Waals surface area (Å²) in [5.74, 6) is 0.0462. The maximum Gasteiger partial charge on any atom is 0.259 e. The standard InChI is InChI=1S/C21H23N3O4S2/c1-12-10-17(13(2)9-16(12)28-3)30(26,27)24-8-6-14(11-24)18-15-5-4-7-23-21(15)29-19(18)20(22)25/h4-5,7,9-10,14H,6,8,11H2,1-3H3,(H2,22,25)/t14-/m1/s1. The van der Waals surface area contributed by atoms with Gasteiger partial charge in [-0.1, -0.05) is 6.07 Å². The Balaban J connectivity index is 1.71. The molecule has 0 unspecified atom stereocenters. The van der Waals surface area contributed by atoms with Gasteiger partial charge in [0.1, 0.15) is 10.6 Å². The number of nitrogens with two attached hydrogens (primary N) is 1. The molecule has 0 spiro atoms. The Kier molecular flexibility index (Phi) is 5.29. The van der Waals surface area contributed by atoms with Crippen LogP contribution in [-0.4, -0.2) is 43.8 Å². The van der Waals surface area contributed by atoms with E-state index in [1.54, 1.807) is 32.4 Å². The highest BCUT2D eigenvalue weighted by Gasteiger charge is 2.37. The zero-order chi connectivity index (χ0) is 21.6. The normalized spacial score (nSPS) is 17.5. The summed E-state index contributed by atoms with van der Waals surface area (Å²) in [4.78, 5) is 17.9. The van der Waals surface area contributed by atoms with Gasteiger partial charge in [0.25, 0.3) is 5.91 Å².